The minimum Gasteiger partial charge on any atom is -0.322 e. The summed E-state index contributed by atoms with van der Waals surface area (Å²) < 4.78 is 1.01. The Balaban J connectivity index is 2.24. The molecular weight excluding hydrogens is 294 g/mol. The number of benzene rings is 1. The molecule has 2 aromatic rings. The summed E-state index contributed by atoms with van der Waals surface area (Å²) in [4.78, 5) is 12.1. The molecule has 1 amide bonds. The van der Waals surface area contributed by atoms with Crippen molar-refractivity contribution in [3.63, 3.8) is 0 Å². The molecule has 1 heterocycles. The second kappa shape index (κ2) is 5.35. The number of hydrogen-bond donors (Lipinski definition) is 2. The first-order valence-corrected chi connectivity index (χ1v) is 6.51. The van der Waals surface area contributed by atoms with Gasteiger partial charge in [-0.3, -0.25) is 9.89 Å². The van der Waals surface area contributed by atoms with Gasteiger partial charge in [0.15, 0.2) is 0 Å². The molecule has 0 saturated heterocycles. The van der Waals surface area contributed by atoms with E-state index in [4.69, 9.17) is 0 Å². The van der Waals surface area contributed by atoms with Crippen LogP contribution in [0.2, 0.25) is 0 Å². The Morgan fingerprint density at radius 3 is 2.89 bits per heavy atom. The molecular formula is C13H14BrN3O. The molecule has 0 atom stereocenters. The van der Waals surface area contributed by atoms with E-state index in [1.54, 1.807) is 0 Å². The van der Waals surface area contributed by atoms with Crippen molar-refractivity contribution in [2.75, 3.05) is 5.32 Å². The summed E-state index contributed by atoms with van der Waals surface area (Å²) in [6, 6.07) is 5.82. The van der Waals surface area contributed by atoms with Crippen LogP contribution in [0.15, 0.2) is 28.9 Å². The number of aryl methyl sites for hydroxylation is 2. The number of nitrogens with zero attached hydrogens (tertiary/aromatic N) is 1. The van der Waals surface area contributed by atoms with E-state index in [0.29, 0.717) is 5.56 Å². The Bertz CT molecular complexity index is 577. The number of H-pyrrole nitrogens is 1. The molecule has 18 heavy (non-hydrogen) atoms. The lowest BCUT2D eigenvalue weighted by Crippen LogP contribution is -2.13. The number of carbonyl (C=O) groups is 1. The highest BCUT2D eigenvalue weighted by molar-refractivity contribution is 9.10. The summed E-state index contributed by atoms with van der Waals surface area (Å²) in [6.07, 6.45) is 2.40. The smallest absolute Gasteiger partial charge is 0.259 e. The van der Waals surface area contributed by atoms with Crippen LogP contribution in [0.4, 0.5) is 5.69 Å². The third-order valence-corrected chi connectivity index (χ3v) is 3.26. The van der Waals surface area contributed by atoms with Crippen molar-refractivity contribution in [3.8, 4) is 0 Å². The van der Waals surface area contributed by atoms with Crippen molar-refractivity contribution in [1.29, 1.82) is 0 Å². The molecule has 1 aromatic carbocycles. The third-order valence-electron chi connectivity index (χ3n) is 2.77. The fourth-order valence-electron chi connectivity index (χ4n) is 1.75. The summed E-state index contributed by atoms with van der Waals surface area (Å²) in [5.74, 6) is -0.140. The molecule has 5 heteroatoms. The number of aromatic amines is 1. The first kappa shape index (κ1) is 12.8. The topological polar surface area (TPSA) is 57.8 Å². The second-order valence-corrected chi connectivity index (χ2v) is 4.93. The van der Waals surface area contributed by atoms with E-state index >= 15 is 0 Å². The van der Waals surface area contributed by atoms with Crippen LogP contribution < -0.4 is 5.32 Å². The van der Waals surface area contributed by atoms with Crippen molar-refractivity contribution in [1.82, 2.24) is 10.2 Å². The molecule has 0 aliphatic heterocycles. The van der Waals surface area contributed by atoms with Gasteiger partial charge in [0.05, 0.1) is 11.8 Å². The Hall–Kier alpha value is -1.62. The maximum Gasteiger partial charge on any atom is 0.259 e. The molecule has 0 aliphatic rings. The average Bonchev–Trinajstić information content (AvgIpc) is 2.77. The molecule has 0 radical (unpaired) electrons. The number of amides is 1. The fourth-order valence-corrected chi connectivity index (χ4v) is 2.15. The van der Waals surface area contributed by atoms with Crippen LogP contribution in [0.5, 0.6) is 0 Å². The zero-order valence-electron chi connectivity index (χ0n) is 10.2. The first-order chi connectivity index (χ1) is 8.61. The van der Waals surface area contributed by atoms with Gasteiger partial charge in [-0.25, -0.2) is 0 Å². The van der Waals surface area contributed by atoms with Crippen LogP contribution in [0.1, 0.15) is 28.5 Å². The Morgan fingerprint density at radius 1 is 1.50 bits per heavy atom. The summed E-state index contributed by atoms with van der Waals surface area (Å²) >= 11 is 3.43. The van der Waals surface area contributed by atoms with Gasteiger partial charge >= 0.3 is 0 Å². The maximum atomic E-state index is 12.1. The van der Waals surface area contributed by atoms with Gasteiger partial charge in [-0.15, -0.1) is 0 Å². The number of rotatable bonds is 3. The highest BCUT2D eigenvalue weighted by Crippen LogP contribution is 2.22. The summed E-state index contributed by atoms with van der Waals surface area (Å²) in [6.45, 7) is 3.88. The lowest BCUT2D eigenvalue weighted by Gasteiger charge is -2.10. The maximum absolute atomic E-state index is 12.1. The van der Waals surface area contributed by atoms with Gasteiger partial charge in [-0.1, -0.05) is 22.9 Å². The molecule has 4 nitrogen and oxygen atoms in total. The number of halogens is 1. The van der Waals surface area contributed by atoms with E-state index < -0.39 is 0 Å². The van der Waals surface area contributed by atoms with Crippen LogP contribution in [-0.4, -0.2) is 16.1 Å². The summed E-state index contributed by atoms with van der Waals surface area (Å²) in [7, 11) is 0. The van der Waals surface area contributed by atoms with Gasteiger partial charge in [-0.2, -0.15) is 5.10 Å². The molecule has 94 valence electrons. The highest BCUT2D eigenvalue weighted by Gasteiger charge is 2.12. The van der Waals surface area contributed by atoms with Crippen LogP contribution in [0.3, 0.4) is 0 Å². The van der Waals surface area contributed by atoms with Crippen molar-refractivity contribution >= 4 is 27.5 Å². The summed E-state index contributed by atoms with van der Waals surface area (Å²) in [5.41, 5.74) is 3.27. The summed E-state index contributed by atoms with van der Waals surface area (Å²) in [5, 5.41) is 9.51. The fraction of sp³-hybridized carbons (Fsp3) is 0.231. The zero-order valence-corrected chi connectivity index (χ0v) is 11.8. The Labute approximate surface area is 114 Å². The quantitative estimate of drug-likeness (QED) is 0.914. The minimum atomic E-state index is -0.140. The number of aromatic nitrogens is 2. The van der Waals surface area contributed by atoms with Crippen molar-refractivity contribution in [2.24, 2.45) is 0 Å². The number of hydrogen-bond acceptors (Lipinski definition) is 2. The van der Waals surface area contributed by atoms with E-state index in [1.165, 1.54) is 6.20 Å². The molecule has 1 aromatic heterocycles. The van der Waals surface area contributed by atoms with Crippen LogP contribution in [0.25, 0.3) is 0 Å². The van der Waals surface area contributed by atoms with E-state index in [1.807, 2.05) is 25.1 Å². The molecule has 0 fully saturated rings. The van der Waals surface area contributed by atoms with E-state index in [0.717, 1.165) is 27.8 Å². The van der Waals surface area contributed by atoms with E-state index in [2.05, 4.69) is 38.4 Å². The predicted octanol–water partition coefficient (Wildman–Crippen LogP) is 3.30. The largest absolute Gasteiger partial charge is 0.322 e. The van der Waals surface area contributed by atoms with Gasteiger partial charge in [0, 0.05) is 15.9 Å². The van der Waals surface area contributed by atoms with Gasteiger partial charge in [0.1, 0.15) is 0 Å². The van der Waals surface area contributed by atoms with E-state index in [-0.39, 0.29) is 5.91 Å². The Kier molecular flexibility index (Phi) is 3.81. The average molecular weight is 308 g/mol. The zero-order chi connectivity index (χ0) is 13.1. The molecule has 0 unspecified atom stereocenters. The van der Waals surface area contributed by atoms with Gasteiger partial charge in [-0.05, 0) is 37.1 Å². The normalized spacial score (nSPS) is 10.4. The Morgan fingerprint density at radius 2 is 2.28 bits per heavy atom. The highest BCUT2D eigenvalue weighted by atomic mass is 79.9. The van der Waals surface area contributed by atoms with Crippen LogP contribution in [0, 0.1) is 6.92 Å². The van der Waals surface area contributed by atoms with Crippen LogP contribution in [-0.2, 0) is 6.42 Å². The number of anilines is 1. The van der Waals surface area contributed by atoms with Gasteiger partial charge in [0.25, 0.3) is 5.91 Å². The standard InChI is InChI=1S/C13H14BrN3O/c1-3-9-6-10(14)4-5-12(9)16-13(18)11-7-15-17-8(11)2/h4-7H,3H2,1-2H3,(H,15,17)(H,16,18). The van der Waals surface area contributed by atoms with Crippen molar-refractivity contribution in [2.45, 2.75) is 20.3 Å². The predicted molar refractivity (Wildman–Crippen MR) is 74.8 cm³/mol. The number of nitrogens with one attached hydrogen (secondary N) is 2. The molecule has 0 aliphatic carbocycles. The second-order valence-electron chi connectivity index (χ2n) is 4.02. The van der Waals surface area contributed by atoms with Crippen LogP contribution >= 0.6 is 15.9 Å². The molecule has 0 saturated carbocycles. The van der Waals surface area contributed by atoms with E-state index in [9.17, 15) is 4.79 Å². The van der Waals surface area contributed by atoms with Crippen molar-refractivity contribution in [3.05, 3.63) is 45.7 Å². The lowest BCUT2D eigenvalue weighted by molar-refractivity contribution is 0.102. The molecule has 0 bridgehead atoms. The monoisotopic (exact) mass is 307 g/mol. The SMILES string of the molecule is CCc1cc(Br)ccc1NC(=O)c1cn[nH]c1C. The van der Waals surface area contributed by atoms with Gasteiger partial charge in [0.2, 0.25) is 0 Å². The number of carbonyl (C=O) groups excluding carboxylic acids is 1. The first-order valence-electron chi connectivity index (χ1n) is 5.71. The molecule has 2 rings (SSSR count). The minimum absolute atomic E-state index is 0.140. The molecule has 2 N–H and O–H groups in total. The lowest BCUT2D eigenvalue weighted by atomic mass is 10.1. The molecule has 0 spiro atoms. The van der Waals surface area contributed by atoms with Gasteiger partial charge < -0.3 is 5.32 Å². The third kappa shape index (κ3) is 2.61. The van der Waals surface area contributed by atoms with Crippen molar-refractivity contribution < 1.29 is 4.79 Å².